The lowest BCUT2D eigenvalue weighted by atomic mass is 10.1. The van der Waals surface area contributed by atoms with Gasteiger partial charge in [-0.1, -0.05) is 51.3 Å². The topological polar surface area (TPSA) is 47.4 Å². The lowest BCUT2D eigenvalue weighted by molar-refractivity contribution is -0.0761. The first kappa shape index (κ1) is 19.9. The number of nitrogens with zero attached hydrogens (tertiary/aromatic N) is 3. The number of carbonyl (C=O) groups is 1. The number of benzene rings is 2. The molecule has 140 valence electrons. The van der Waals surface area contributed by atoms with Crippen LogP contribution in [0.4, 0.5) is 0 Å². The number of aromatic nitrogens is 2. The van der Waals surface area contributed by atoms with Gasteiger partial charge in [0.05, 0.1) is 23.5 Å². The maximum absolute atomic E-state index is 12.7. The molecule has 0 atom stereocenters. The number of halogens is 3. The summed E-state index contributed by atoms with van der Waals surface area (Å²) in [5.74, 6) is -0.350. The third kappa shape index (κ3) is 3.89. The van der Waals surface area contributed by atoms with Crippen LogP contribution in [0.2, 0.25) is 10.0 Å². The zero-order valence-corrected chi connectivity index (χ0v) is 17.9. The summed E-state index contributed by atoms with van der Waals surface area (Å²) < 4.78 is 2.61. The fourth-order valence-corrected chi connectivity index (χ4v) is 3.46. The Bertz CT molecular complexity index is 1000. The standard InChI is InChI=1S/C19H16BrCl2N3O2/c1-11-17(19(26)24(2)27-3)23-25(16-9-8-14(21)10-15(16)22)18(11)12-4-6-13(20)7-5-12/h4-10H,1-3H3. The molecule has 27 heavy (non-hydrogen) atoms. The van der Waals surface area contributed by atoms with Gasteiger partial charge in [0.25, 0.3) is 5.91 Å². The minimum absolute atomic E-state index is 0.281. The summed E-state index contributed by atoms with van der Waals surface area (Å²) in [4.78, 5) is 17.7. The molecule has 0 saturated heterocycles. The highest BCUT2D eigenvalue weighted by molar-refractivity contribution is 9.10. The summed E-state index contributed by atoms with van der Waals surface area (Å²) >= 11 is 15.9. The van der Waals surface area contributed by atoms with Gasteiger partial charge in [0.1, 0.15) is 0 Å². The third-order valence-corrected chi connectivity index (χ3v) is 5.21. The fourth-order valence-electron chi connectivity index (χ4n) is 2.71. The SMILES string of the molecule is CON(C)C(=O)c1nn(-c2ccc(Cl)cc2Cl)c(-c2ccc(Br)cc2)c1C. The predicted molar refractivity (Wildman–Crippen MR) is 111 cm³/mol. The number of hydrogen-bond acceptors (Lipinski definition) is 3. The highest BCUT2D eigenvalue weighted by Crippen LogP contribution is 2.33. The van der Waals surface area contributed by atoms with E-state index in [1.54, 1.807) is 22.9 Å². The molecule has 0 saturated carbocycles. The van der Waals surface area contributed by atoms with Crippen LogP contribution in [0.1, 0.15) is 16.1 Å². The normalized spacial score (nSPS) is 10.9. The van der Waals surface area contributed by atoms with E-state index in [1.807, 2.05) is 31.2 Å². The minimum atomic E-state index is -0.350. The first-order chi connectivity index (χ1) is 12.8. The first-order valence-corrected chi connectivity index (χ1v) is 9.51. The molecule has 0 unspecified atom stereocenters. The fraction of sp³-hybridized carbons (Fsp3) is 0.158. The van der Waals surface area contributed by atoms with Crippen LogP contribution in [0.25, 0.3) is 16.9 Å². The van der Waals surface area contributed by atoms with E-state index in [2.05, 4.69) is 21.0 Å². The van der Waals surface area contributed by atoms with Crippen LogP contribution in [0.5, 0.6) is 0 Å². The van der Waals surface area contributed by atoms with Gasteiger partial charge in [-0.25, -0.2) is 9.75 Å². The molecule has 8 heteroatoms. The van der Waals surface area contributed by atoms with E-state index >= 15 is 0 Å². The van der Waals surface area contributed by atoms with E-state index in [4.69, 9.17) is 28.0 Å². The molecule has 0 N–H and O–H groups in total. The largest absolute Gasteiger partial charge is 0.297 e. The lowest BCUT2D eigenvalue weighted by Gasteiger charge is -2.12. The summed E-state index contributed by atoms with van der Waals surface area (Å²) in [5, 5.41) is 6.63. The quantitative estimate of drug-likeness (QED) is 0.471. The summed E-state index contributed by atoms with van der Waals surface area (Å²) in [7, 11) is 2.96. The van der Waals surface area contributed by atoms with Crippen LogP contribution in [0, 0.1) is 6.92 Å². The van der Waals surface area contributed by atoms with Gasteiger partial charge >= 0.3 is 0 Å². The molecule has 0 spiro atoms. The van der Waals surface area contributed by atoms with Crippen LogP contribution in [-0.2, 0) is 4.84 Å². The first-order valence-electron chi connectivity index (χ1n) is 7.96. The lowest BCUT2D eigenvalue weighted by Crippen LogP contribution is -2.26. The second-order valence-electron chi connectivity index (χ2n) is 5.82. The second-order valence-corrected chi connectivity index (χ2v) is 7.58. The monoisotopic (exact) mass is 467 g/mol. The van der Waals surface area contributed by atoms with Crippen LogP contribution < -0.4 is 0 Å². The van der Waals surface area contributed by atoms with Crippen LogP contribution >= 0.6 is 39.1 Å². The van der Waals surface area contributed by atoms with Gasteiger partial charge in [-0.3, -0.25) is 9.63 Å². The van der Waals surface area contributed by atoms with E-state index in [0.29, 0.717) is 15.7 Å². The molecule has 3 aromatic rings. The summed E-state index contributed by atoms with van der Waals surface area (Å²) in [6.07, 6.45) is 0. The van der Waals surface area contributed by atoms with Crippen molar-refractivity contribution in [3.05, 3.63) is 68.2 Å². The Balaban J connectivity index is 2.27. The van der Waals surface area contributed by atoms with Crippen molar-refractivity contribution in [2.24, 2.45) is 0 Å². The van der Waals surface area contributed by atoms with Gasteiger partial charge < -0.3 is 0 Å². The number of amides is 1. The van der Waals surface area contributed by atoms with Crippen molar-refractivity contribution in [3.8, 4) is 16.9 Å². The smallest absolute Gasteiger partial charge is 0.274 e. The van der Waals surface area contributed by atoms with Gasteiger partial charge in [-0.15, -0.1) is 0 Å². The Kier molecular flexibility index (Phi) is 5.91. The molecular formula is C19H16BrCl2N3O2. The molecule has 1 aromatic heterocycles. The Hall–Kier alpha value is -1.86. The van der Waals surface area contributed by atoms with Crippen molar-refractivity contribution in [2.45, 2.75) is 6.92 Å². The number of hydroxylamine groups is 2. The van der Waals surface area contributed by atoms with Crippen molar-refractivity contribution >= 4 is 45.0 Å². The summed E-state index contributed by atoms with van der Waals surface area (Å²) in [6, 6.07) is 12.9. The molecule has 0 aliphatic rings. The molecule has 5 nitrogen and oxygen atoms in total. The summed E-state index contributed by atoms with van der Waals surface area (Å²) in [5.41, 5.74) is 3.29. The van der Waals surface area contributed by atoms with E-state index in [-0.39, 0.29) is 11.6 Å². The molecule has 0 radical (unpaired) electrons. The number of carbonyl (C=O) groups excluding carboxylic acids is 1. The Morgan fingerprint density at radius 1 is 1.19 bits per heavy atom. The Labute approximate surface area is 175 Å². The summed E-state index contributed by atoms with van der Waals surface area (Å²) in [6.45, 7) is 1.85. The average molecular weight is 469 g/mol. The molecular weight excluding hydrogens is 453 g/mol. The van der Waals surface area contributed by atoms with E-state index in [0.717, 1.165) is 26.4 Å². The van der Waals surface area contributed by atoms with Crippen LogP contribution in [0.15, 0.2) is 46.9 Å². The van der Waals surface area contributed by atoms with Crippen molar-refractivity contribution < 1.29 is 9.63 Å². The van der Waals surface area contributed by atoms with Crippen LogP contribution in [-0.4, -0.2) is 34.9 Å². The number of rotatable bonds is 4. The van der Waals surface area contributed by atoms with E-state index < -0.39 is 0 Å². The minimum Gasteiger partial charge on any atom is -0.274 e. The maximum atomic E-state index is 12.7. The van der Waals surface area contributed by atoms with Crippen molar-refractivity contribution in [1.82, 2.24) is 14.8 Å². The third-order valence-electron chi connectivity index (χ3n) is 4.14. The van der Waals surface area contributed by atoms with Gasteiger partial charge in [0.15, 0.2) is 5.69 Å². The van der Waals surface area contributed by atoms with Crippen molar-refractivity contribution in [2.75, 3.05) is 14.2 Å². The van der Waals surface area contributed by atoms with Gasteiger partial charge in [0, 0.05) is 27.7 Å². The highest BCUT2D eigenvalue weighted by atomic mass is 79.9. The predicted octanol–water partition coefficient (Wildman–Crippen LogP) is 5.55. The number of hydrogen-bond donors (Lipinski definition) is 0. The average Bonchev–Trinajstić information content (AvgIpc) is 2.98. The maximum Gasteiger partial charge on any atom is 0.297 e. The van der Waals surface area contributed by atoms with Gasteiger partial charge in [0.2, 0.25) is 0 Å². The van der Waals surface area contributed by atoms with E-state index in [1.165, 1.54) is 14.2 Å². The second kappa shape index (κ2) is 8.02. The Morgan fingerprint density at radius 2 is 1.85 bits per heavy atom. The van der Waals surface area contributed by atoms with Crippen LogP contribution in [0.3, 0.4) is 0 Å². The molecule has 0 aliphatic heterocycles. The molecule has 0 aliphatic carbocycles. The van der Waals surface area contributed by atoms with Gasteiger partial charge in [-0.05, 0) is 37.3 Å². The zero-order chi connectivity index (χ0) is 19.7. The van der Waals surface area contributed by atoms with Crippen molar-refractivity contribution in [3.63, 3.8) is 0 Å². The molecule has 3 rings (SSSR count). The molecule has 0 fully saturated rings. The highest BCUT2D eigenvalue weighted by Gasteiger charge is 2.25. The van der Waals surface area contributed by atoms with Gasteiger partial charge in [-0.2, -0.15) is 5.10 Å². The molecule has 1 heterocycles. The van der Waals surface area contributed by atoms with Crippen molar-refractivity contribution in [1.29, 1.82) is 0 Å². The molecule has 0 bridgehead atoms. The molecule has 1 amide bonds. The Morgan fingerprint density at radius 3 is 2.44 bits per heavy atom. The molecule has 2 aromatic carbocycles. The zero-order valence-electron chi connectivity index (χ0n) is 14.8. The van der Waals surface area contributed by atoms with E-state index in [9.17, 15) is 4.79 Å².